The van der Waals surface area contributed by atoms with Crippen LogP contribution < -0.4 is 10.9 Å². The molecule has 140 valence electrons. The number of hydrogen-bond acceptors (Lipinski definition) is 6. The Morgan fingerprint density at radius 2 is 1.82 bits per heavy atom. The average molecular weight is 395 g/mol. The van der Waals surface area contributed by atoms with Crippen molar-refractivity contribution in [1.29, 1.82) is 0 Å². The predicted octanol–water partition coefficient (Wildman–Crippen LogP) is 3.94. The monoisotopic (exact) mass is 395 g/mol. The van der Waals surface area contributed by atoms with Gasteiger partial charge in [-0.1, -0.05) is 18.2 Å². The lowest BCUT2D eigenvalue weighted by Crippen LogP contribution is -2.41. The Morgan fingerprint density at radius 3 is 2.57 bits per heavy atom. The molecule has 2 aromatic heterocycles. The molecule has 0 bridgehead atoms. The van der Waals surface area contributed by atoms with Crippen LogP contribution in [-0.4, -0.2) is 16.7 Å². The van der Waals surface area contributed by atoms with Gasteiger partial charge in [0, 0.05) is 33.2 Å². The Hall–Kier alpha value is -3.72. The summed E-state index contributed by atoms with van der Waals surface area (Å²) >= 11 is 1.17. The van der Waals surface area contributed by atoms with Crippen molar-refractivity contribution >= 4 is 49.9 Å². The zero-order chi connectivity index (χ0) is 19.8. The van der Waals surface area contributed by atoms with Gasteiger partial charge in [-0.3, -0.25) is 30.6 Å². The number of nitro benzene ring substituents is 1. The lowest BCUT2D eigenvalue weighted by atomic mass is 10.1. The molecule has 2 heterocycles. The van der Waals surface area contributed by atoms with E-state index < -0.39 is 16.7 Å². The molecule has 0 saturated heterocycles. The van der Waals surface area contributed by atoms with Gasteiger partial charge in [-0.15, -0.1) is 11.3 Å². The smallest absolute Gasteiger partial charge is 0.305 e. The van der Waals surface area contributed by atoms with Crippen molar-refractivity contribution < 1.29 is 18.9 Å². The summed E-state index contributed by atoms with van der Waals surface area (Å²) in [5.74, 6) is -0.974. The van der Waals surface area contributed by atoms with E-state index in [9.17, 15) is 19.7 Å². The minimum atomic E-state index is -0.571. The normalized spacial score (nSPS) is 10.9. The van der Waals surface area contributed by atoms with Crippen molar-refractivity contribution in [3.63, 3.8) is 0 Å². The number of nitrogens with zero attached hydrogens (tertiary/aromatic N) is 1. The number of nitro groups is 1. The van der Waals surface area contributed by atoms with Gasteiger partial charge < -0.3 is 4.42 Å². The van der Waals surface area contributed by atoms with Crippen molar-refractivity contribution in [2.75, 3.05) is 0 Å². The van der Waals surface area contributed by atoms with Crippen LogP contribution in [0.15, 0.2) is 52.9 Å². The van der Waals surface area contributed by atoms with Gasteiger partial charge >= 0.3 is 5.91 Å². The van der Waals surface area contributed by atoms with Crippen molar-refractivity contribution in [2.24, 2.45) is 0 Å². The molecule has 0 aliphatic heterocycles. The Bertz CT molecular complexity index is 1260. The number of carbonyl (C=O) groups is 2. The van der Waals surface area contributed by atoms with Crippen LogP contribution in [0, 0.1) is 17.0 Å². The summed E-state index contributed by atoms with van der Waals surface area (Å²) in [6.45, 7) is 1.77. The first-order valence-corrected chi connectivity index (χ1v) is 9.02. The van der Waals surface area contributed by atoms with E-state index in [1.54, 1.807) is 31.2 Å². The first kappa shape index (κ1) is 17.7. The van der Waals surface area contributed by atoms with Crippen LogP contribution in [0.1, 0.15) is 25.8 Å². The number of carbonyl (C=O) groups excluding carboxylic acids is 2. The fraction of sp³-hybridized carbons (Fsp3) is 0.0526. The molecule has 0 radical (unpaired) electrons. The van der Waals surface area contributed by atoms with Gasteiger partial charge in [-0.05, 0) is 25.1 Å². The minimum absolute atomic E-state index is 0.0501. The lowest BCUT2D eigenvalue weighted by Gasteiger charge is -2.04. The van der Waals surface area contributed by atoms with Gasteiger partial charge in [-0.2, -0.15) is 0 Å². The van der Waals surface area contributed by atoms with Crippen LogP contribution in [0.4, 0.5) is 5.69 Å². The number of para-hydroxylation sites is 1. The number of non-ortho nitro benzene ring substituents is 1. The van der Waals surface area contributed by atoms with Gasteiger partial charge in [0.05, 0.1) is 9.80 Å². The molecule has 0 fully saturated rings. The summed E-state index contributed by atoms with van der Waals surface area (Å²) in [7, 11) is 0. The van der Waals surface area contributed by atoms with Crippen molar-refractivity contribution in [2.45, 2.75) is 6.92 Å². The highest BCUT2D eigenvalue weighted by atomic mass is 32.1. The molecule has 4 rings (SSSR count). The Balaban J connectivity index is 1.50. The molecular weight excluding hydrogens is 382 g/mol. The number of thiophene rings is 1. The molecule has 2 aromatic carbocycles. The number of hydrogen-bond donors (Lipinski definition) is 2. The first-order chi connectivity index (χ1) is 13.4. The number of aryl methyl sites for hydroxylation is 1. The fourth-order valence-corrected chi connectivity index (χ4v) is 3.82. The molecule has 2 N–H and O–H groups in total. The molecule has 4 aromatic rings. The Kier molecular flexibility index (Phi) is 4.28. The summed E-state index contributed by atoms with van der Waals surface area (Å²) in [4.78, 5) is 35.4. The highest BCUT2D eigenvalue weighted by molar-refractivity contribution is 7.20. The average Bonchev–Trinajstić information content (AvgIpc) is 3.27. The molecule has 0 saturated carbocycles. The summed E-state index contributed by atoms with van der Waals surface area (Å²) < 4.78 is 6.29. The molecule has 28 heavy (non-hydrogen) atoms. The summed E-state index contributed by atoms with van der Waals surface area (Å²) in [5, 5.41) is 12.3. The topological polar surface area (TPSA) is 114 Å². The van der Waals surface area contributed by atoms with Crippen LogP contribution in [0.3, 0.4) is 0 Å². The quantitative estimate of drug-likeness (QED) is 0.403. The van der Waals surface area contributed by atoms with E-state index in [4.69, 9.17) is 4.42 Å². The Morgan fingerprint density at radius 1 is 1.07 bits per heavy atom. The zero-order valence-electron chi connectivity index (χ0n) is 14.5. The van der Waals surface area contributed by atoms with Crippen LogP contribution in [-0.2, 0) is 0 Å². The van der Waals surface area contributed by atoms with E-state index >= 15 is 0 Å². The van der Waals surface area contributed by atoms with Crippen LogP contribution in [0.2, 0.25) is 0 Å². The molecule has 0 aliphatic carbocycles. The number of benzene rings is 2. The second-order valence-corrected chi connectivity index (χ2v) is 7.13. The molecule has 0 atom stereocenters. The number of nitrogens with one attached hydrogen (secondary N) is 2. The molecule has 8 nitrogen and oxygen atoms in total. The molecule has 2 amide bonds. The maximum atomic E-state index is 12.4. The molecular formula is C19H13N3O5S. The van der Waals surface area contributed by atoms with Gasteiger partial charge in [0.2, 0.25) is 0 Å². The maximum absolute atomic E-state index is 12.4. The Labute approximate surface area is 161 Å². The second kappa shape index (κ2) is 6.78. The predicted molar refractivity (Wildman–Crippen MR) is 104 cm³/mol. The molecule has 0 aliphatic rings. The third-order valence-electron chi connectivity index (χ3n) is 4.27. The summed E-state index contributed by atoms with van der Waals surface area (Å²) in [5.41, 5.74) is 5.90. The van der Waals surface area contributed by atoms with Gasteiger partial charge in [0.25, 0.3) is 11.6 Å². The number of fused-ring (bicyclic) bond motifs is 2. The van der Waals surface area contributed by atoms with E-state index in [0.29, 0.717) is 21.4 Å². The van der Waals surface area contributed by atoms with E-state index in [1.165, 1.54) is 23.5 Å². The highest BCUT2D eigenvalue weighted by Crippen LogP contribution is 2.29. The zero-order valence-corrected chi connectivity index (χ0v) is 15.3. The van der Waals surface area contributed by atoms with E-state index in [1.807, 2.05) is 12.1 Å². The van der Waals surface area contributed by atoms with Crippen molar-refractivity contribution in [3.8, 4) is 0 Å². The fourth-order valence-electron chi connectivity index (χ4n) is 2.88. The third-order valence-corrected chi connectivity index (χ3v) is 5.39. The van der Waals surface area contributed by atoms with Gasteiger partial charge in [0.15, 0.2) is 5.76 Å². The van der Waals surface area contributed by atoms with Gasteiger partial charge in [-0.25, -0.2) is 0 Å². The van der Waals surface area contributed by atoms with E-state index in [0.717, 1.165) is 10.1 Å². The lowest BCUT2D eigenvalue weighted by molar-refractivity contribution is -0.384. The summed E-state index contributed by atoms with van der Waals surface area (Å²) in [6, 6.07) is 13.2. The summed E-state index contributed by atoms with van der Waals surface area (Å²) in [6.07, 6.45) is 0. The molecule has 0 spiro atoms. The van der Waals surface area contributed by atoms with E-state index in [2.05, 4.69) is 10.9 Å². The largest absolute Gasteiger partial charge is 0.451 e. The SMILES string of the molecule is Cc1c(C(=O)NNC(=O)c2cc3cc([N+](=O)[O-])ccc3s2)oc2ccccc12. The number of amides is 2. The third kappa shape index (κ3) is 3.08. The molecule has 9 heteroatoms. The maximum Gasteiger partial charge on any atom is 0.305 e. The first-order valence-electron chi connectivity index (χ1n) is 8.21. The second-order valence-electron chi connectivity index (χ2n) is 6.05. The number of hydrazine groups is 1. The van der Waals surface area contributed by atoms with Crippen molar-refractivity contribution in [3.05, 3.63) is 74.8 Å². The highest BCUT2D eigenvalue weighted by Gasteiger charge is 2.19. The van der Waals surface area contributed by atoms with Gasteiger partial charge in [0.1, 0.15) is 5.58 Å². The molecule has 0 unspecified atom stereocenters. The standard InChI is InChI=1S/C19H13N3O5S/c1-10-13-4-2-3-5-14(13)27-17(10)19(24)21-20-18(23)16-9-11-8-12(22(25)26)6-7-15(11)28-16/h2-9H,1H3,(H,20,23)(H,21,24). The number of furan rings is 1. The number of rotatable bonds is 3. The van der Waals surface area contributed by atoms with E-state index in [-0.39, 0.29) is 11.4 Å². The van der Waals surface area contributed by atoms with Crippen molar-refractivity contribution in [1.82, 2.24) is 10.9 Å². The van der Waals surface area contributed by atoms with Crippen LogP contribution >= 0.6 is 11.3 Å². The van der Waals surface area contributed by atoms with Crippen LogP contribution in [0.5, 0.6) is 0 Å². The minimum Gasteiger partial charge on any atom is -0.451 e. The van der Waals surface area contributed by atoms with Crippen LogP contribution in [0.25, 0.3) is 21.1 Å².